The molecule has 9 rings (SSSR count). The number of aromatic nitrogens is 6. The van der Waals surface area contributed by atoms with Gasteiger partial charge in [-0.25, -0.2) is 9.97 Å². The second-order valence-electron chi connectivity index (χ2n) is 13.9. The second-order valence-corrected chi connectivity index (χ2v) is 13.9. The number of hydrogen-bond acceptors (Lipinski definition) is 4. The quantitative estimate of drug-likeness (QED) is 0.162. The molecular formula is C42H34N6OPt. The topological polar surface area (TPSA) is 62.2 Å². The molecule has 5 heterocycles. The molecule has 0 saturated heterocycles. The van der Waals surface area contributed by atoms with Gasteiger partial charge in [-0.2, -0.15) is 6.07 Å². The van der Waals surface area contributed by atoms with Gasteiger partial charge in [0.05, 0.1) is 5.52 Å². The number of rotatable bonds is 5. The Morgan fingerprint density at radius 1 is 0.720 bits per heavy atom. The summed E-state index contributed by atoms with van der Waals surface area (Å²) in [7, 11) is 0. The Hall–Kier alpha value is -5.26. The Labute approximate surface area is 304 Å². The molecule has 0 aliphatic carbocycles. The molecule has 4 aromatic carbocycles. The van der Waals surface area contributed by atoms with Crippen LogP contribution in [-0.4, -0.2) is 28.5 Å². The molecule has 0 saturated carbocycles. The molecular weight excluding hydrogens is 800 g/mol. The van der Waals surface area contributed by atoms with Gasteiger partial charge in [0.1, 0.15) is 5.82 Å². The van der Waals surface area contributed by atoms with Gasteiger partial charge >= 0.3 is 21.1 Å². The molecule has 0 unspecified atom stereocenters. The average molecular weight is 834 g/mol. The van der Waals surface area contributed by atoms with Gasteiger partial charge in [0.2, 0.25) is 5.78 Å². The zero-order valence-corrected chi connectivity index (χ0v) is 30.6. The Kier molecular flexibility index (Phi) is 7.65. The number of pyridine rings is 2. The van der Waals surface area contributed by atoms with Crippen molar-refractivity contribution in [2.75, 3.05) is 0 Å². The van der Waals surface area contributed by atoms with E-state index in [0.29, 0.717) is 17.4 Å². The Balaban J connectivity index is 0.00000361. The largest absolute Gasteiger partial charge is 2.00 e. The first-order valence-corrected chi connectivity index (χ1v) is 16.6. The van der Waals surface area contributed by atoms with Crippen LogP contribution in [0.1, 0.15) is 51.7 Å². The van der Waals surface area contributed by atoms with E-state index in [1.165, 1.54) is 5.56 Å². The summed E-state index contributed by atoms with van der Waals surface area (Å²) in [4.78, 5) is 14.9. The van der Waals surface area contributed by atoms with Crippen LogP contribution in [0.3, 0.4) is 0 Å². The van der Waals surface area contributed by atoms with Crippen LogP contribution in [0.5, 0.6) is 11.5 Å². The molecule has 5 aromatic heterocycles. The van der Waals surface area contributed by atoms with Crippen molar-refractivity contribution in [3.63, 3.8) is 0 Å². The average Bonchev–Trinajstić information content (AvgIpc) is 3.74. The van der Waals surface area contributed by atoms with Gasteiger partial charge in [0.25, 0.3) is 0 Å². The van der Waals surface area contributed by atoms with Gasteiger partial charge in [-0.3, -0.25) is 14.0 Å². The molecule has 248 valence electrons. The smallest absolute Gasteiger partial charge is 0.509 e. The number of benzene rings is 4. The fraction of sp³-hybridized carbons (Fsp3) is 0.167. The standard InChI is InChI=1S/C42H34N6O.Pt/c1-26(2)27-19-20-43-39(21-27)47-35-14-10-9-13-32(35)33-17-15-30(23-36(33)47)49-31-16-18-34-37(24-31)48-40-38(22-28(25-44-40)42(3,4)5)46(41(48)45-34)29-11-7-6-8-12-29;/h6-22,25-26H,1-5H3;/q-2;+2. The first kappa shape index (κ1) is 32.0. The van der Waals surface area contributed by atoms with Crippen molar-refractivity contribution in [3.05, 3.63) is 133 Å². The maximum atomic E-state index is 6.52. The molecule has 0 amide bonds. The van der Waals surface area contributed by atoms with E-state index >= 15 is 0 Å². The van der Waals surface area contributed by atoms with Crippen LogP contribution >= 0.6 is 0 Å². The minimum absolute atomic E-state index is 0. The predicted octanol–water partition coefficient (Wildman–Crippen LogP) is 10.1. The first-order valence-electron chi connectivity index (χ1n) is 16.6. The third kappa shape index (κ3) is 5.11. The van der Waals surface area contributed by atoms with Crippen molar-refractivity contribution in [3.8, 4) is 23.0 Å². The number of para-hydroxylation sites is 2. The maximum absolute atomic E-state index is 6.52. The van der Waals surface area contributed by atoms with Crippen molar-refractivity contribution < 1.29 is 25.8 Å². The molecule has 0 bridgehead atoms. The fourth-order valence-corrected chi connectivity index (χ4v) is 6.72. The Bertz CT molecular complexity index is 2710. The molecule has 0 N–H and O–H groups in total. The van der Waals surface area contributed by atoms with Crippen molar-refractivity contribution in [2.24, 2.45) is 0 Å². The molecule has 0 spiro atoms. The van der Waals surface area contributed by atoms with Crippen LogP contribution in [0, 0.1) is 12.1 Å². The van der Waals surface area contributed by atoms with Gasteiger partial charge in [0, 0.05) is 35.1 Å². The normalized spacial score (nSPS) is 12.1. The second kappa shape index (κ2) is 12.0. The van der Waals surface area contributed by atoms with E-state index in [-0.39, 0.29) is 26.5 Å². The number of hydrogen-bond donors (Lipinski definition) is 0. The van der Waals surface area contributed by atoms with Gasteiger partial charge in [-0.1, -0.05) is 76.5 Å². The van der Waals surface area contributed by atoms with Crippen molar-refractivity contribution in [2.45, 2.75) is 46.0 Å². The van der Waals surface area contributed by atoms with Crippen molar-refractivity contribution >= 4 is 49.8 Å². The molecule has 7 nitrogen and oxygen atoms in total. The summed E-state index contributed by atoms with van der Waals surface area (Å²) in [6.07, 6.45) is 3.86. The van der Waals surface area contributed by atoms with E-state index < -0.39 is 0 Å². The van der Waals surface area contributed by atoms with Crippen LogP contribution in [0.4, 0.5) is 0 Å². The fourth-order valence-electron chi connectivity index (χ4n) is 6.72. The zero-order valence-electron chi connectivity index (χ0n) is 28.4. The molecule has 0 aliphatic heterocycles. The van der Waals surface area contributed by atoms with Gasteiger partial charge < -0.3 is 9.30 Å². The zero-order chi connectivity index (χ0) is 33.4. The van der Waals surface area contributed by atoms with E-state index in [1.807, 2.05) is 48.8 Å². The van der Waals surface area contributed by atoms with E-state index in [0.717, 1.165) is 66.8 Å². The van der Waals surface area contributed by atoms with Crippen LogP contribution < -0.4 is 4.74 Å². The van der Waals surface area contributed by atoms with Crippen molar-refractivity contribution in [1.82, 2.24) is 28.5 Å². The molecule has 0 fully saturated rings. The van der Waals surface area contributed by atoms with E-state index in [1.54, 1.807) is 0 Å². The summed E-state index contributed by atoms with van der Waals surface area (Å²) < 4.78 is 12.9. The third-order valence-electron chi connectivity index (χ3n) is 9.34. The number of ether oxygens (including phenoxy) is 1. The molecule has 50 heavy (non-hydrogen) atoms. The minimum atomic E-state index is -0.0547. The van der Waals surface area contributed by atoms with E-state index in [4.69, 9.17) is 19.7 Å². The summed E-state index contributed by atoms with van der Waals surface area (Å²) in [5.74, 6) is 3.18. The molecule has 8 heteroatoms. The van der Waals surface area contributed by atoms with Crippen LogP contribution in [0.15, 0.2) is 109 Å². The van der Waals surface area contributed by atoms with Gasteiger partial charge in [0.15, 0.2) is 5.65 Å². The Morgan fingerprint density at radius 2 is 1.46 bits per heavy atom. The van der Waals surface area contributed by atoms with Crippen LogP contribution in [-0.2, 0) is 26.5 Å². The molecule has 9 aromatic rings. The van der Waals surface area contributed by atoms with Crippen LogP contribution in [0.25, 0.3) is 61.3 Å². The monoisotopic (exact) mass is 833 g/mol. The summed E-state index contributed by atoms with van der Waals surface area (Å²) in [5, 5.41) is 2.23. The van der Waals surface area contributed by atoms with Crippen molar-refractivity contribution in [1.29, 1.82) is 0 Å². The van der Waals surface area contributed by atoms with Crippen LogP contribution in [0.2, 0.25) is 0 Å². The van der Waals surface area contributed by atoms with Gasteiger partial charge in [-0.15, -0.1) is 35.7 Å². The predicted molar refractivity (Wildman–Crippen MR) is 196 cm³/mol. The summed E-state index contributed by atoms with van der Waals surface area (Å²) in [6, 6.07) is 40.3. The Morgan fingerprint density at radius 3 is 2.24 bits per heavy atom. The SMILES string of the molecule is CC(C)c1ccnc(-n2c3[c-]c(Oc4[c-]c5c(cc4)nc4n(-c6ccccc6)c6cc(C(C)(C)C)cnc6n54)ccc3c3ccccc32)c1.[Pt+2]. The summed E-state index contributed by atoms with van der Waals surface area (Å²) >= 11 is 0. The maximum Gasteiger partial charge on any atom is 2.00 e. The number of imidazole rings is 2. The summed E-state index contributed by atoms with van der Waals surface area (Å²) in [5.41, 5.74) is 8.76. The number of fused-ring (bicyclic) bond motifs is 8. The molecule has 0 atom stereocenters. The van der Waals surface area contributed by atoms with E-state index in [2.05, 4.69) is 121 Å². The van der Waals surface area contributed by atoms with Gasteiger partial charge in [-0.05, 0) is 75.3 Å². The summed E-state index contributed by atoms with van der Waals surface area (Å²) in [6.45, 7) is 11.0. The van der Waals surface area contributed by atoms with E-state index in [9.17, 15) is 0 Å². The molecule has 0 aliphatic rings. The first-order chi connectivity index (χ1) is 23.7. The molecule has 0 radical (unpaired) electrons. The minimum Gasteiger partial charge on any atom is -0.509 e. The third-order valence-corrected chi connectivity index (χ3v) is 9.34. The number of nitrogens with zero attached hydrogens (tertiary/aromatic N) is 6.